The van der Waals surface area contributed by atoms with Gasteiger partial charge in [0.15, 0.2) is 0 Å². The zero-order chi connectivity index (χ0) is 18.2. The van der Waals surface area contributed by atoms with E-state index in [1.165, 1.54) is 11.3 Å². The summed E-state index contributed by atoms with van der Waals surface area (Å²) in [5.74, 6) is 1.32. The van der Waals surface area contributed by atoms with Gasteiger partial charge in [-0.3, -0.25) is 4.99 Å². The smallest absolute Gasteiger partial charge is 0.119 e. The van der Waals surface area contributed by atoms with E-state index >= 15 is 0 Å². The zero-order valence-electron chi connectivity index (χ0n) is 15.5. The first-order valence-electron chi connectivity index (χ1n) is 8.57. The van der Waals surface area contributed by atoms with Crippen LogP contribution in [0.2, 0.25) is 5.02 Å². The number of halogens is 1. The average molecular weight is 357 g/mol. The third-order valence-electron chi connectivity index (χ3n) is 5.18. The summed E-state index contributed by atoms with van der Waals surface area (Å²) in [5.41, 5.74) is 4.52. The molecule has 1 aliphatic heterocycles. The van der Waals surface area contributed by atoms with Crippen molar-refractivity contribution in [3.05, 3.63) is 52.5 Å². The summed E-state index contributed by atoms with van der Waals surface area (Å²) in [7, 11) is 3.80. The minimum atomic E-state index is 0.133. The summed E-state index contributed by atoms with van der Waals surface area (Å²) in [6.07, 6.45) is 2.96. The number of ether oxygens (including phenoxy) is 1. The minimum absolute atomic E-state index is 0.133. The highest BCUT2D eigenvalue weighted by Gasteiger charge is 2.34. The normalized spacial score (nSPS) is 19.1. The first-order valence-corrected chi connectivity index (χ1v) is 8.95. The fraction of sp³-hybridized carbons (Fsp3) is 0.381. The highest BCUT2D eigenvalue weighted by Crippen LogP contribution is 2.44. The number of rotatable bonds is 3. The zero-order valence-corrected chi connectivity index (χ0v) is 16.3. The number of aliphatic imine (C=N–C) groups is 1. The molecule has 2 aromatic carbocycles. The van der Waals surface area contributed by atoms with Crippen molar-refractivity contribution in [1.29, 1.82) is 0 Å². The predicted octanol–water partition coefficient (Wildman–Crippen LogP) is 5.82. The van der Waals surface area contributed by atoms with Crippen LogP contribution in [-0.4, -0.2) is 25.9 Å². The van der Waals surface area contributed by atoms with Crippen LogP contribution in [0, 0.1) is 0 Å². The SMILES string of the molecule is COc1ccc(N=Cc2cc3c(cc2Cl)N(C)C(C)(C)C[C@@H]3C)cc1. The molecule has 2 aromatic rings. The van der Waals surface area contributed by atoms with E-state index in [0.29, 0.717) is 5.92 Å². The third-order valence-corrected chi connectivity index (χ3v) is 5.50. The Kier molecular flexibility index (Phi) is 4.79. The molecular weight excluding hydrogens is 332 g/mol. The number of nitrogens with zero attached hydrogens (tertiary/aromatic N) is 2. The van der Waals surface area contributed by atoms with E-state index < -0.39 is 0 Å². The second-order valence-corrected chi connectivity index (χ2v) is 7.77. The van der Waals surface area contributed by atoms with Gasteiger partial charge in [0.2, 0.25) is 0 Å². The molecule has 0 aliphatic carbocycles. The maximum Gasteiger partial charge on any atom is 0.119 e. The Morgan fingerprint density at radius 1 is 1.24 bits per heavy atom. The van der Waals surface area contributed by atoms with E-state index in [1.807, 2.05) is 30.5 Å². The third kappa shape index (κ3) is 3.52. The van der Waals surface area contributed by atoms with Crippen LogP contribution in [0.5, 0.6) is 5.75 Å². The van der Waals surface area contributed by atoms with Crippen molar-refractivity contribution in [3.63, 3.8) is 0 Å². The lowest BCUT2D eigenvalue weighted by atomic mass is 9.80. The summed E-state index contributed by atoms with van der Waals surface area (Å²) < 4.78 is 5.17. The standard InChI is InChI=1S/C21H25ClN2O/c1-14-12-21(2,3)24(4)20-11-19(22)15(10-18(14)20)13-23-16-6-8-17(25-5)9-7-16/h6-11,13-14H,12H2,1-5H3/t14-/m0/s1. The van der Waals surface area contributed by atoms with Gasteiger partial charge in [0, 0.05) is 30.1 Å². The van der Waals surface area contributed by atoms with E-state index in [1.54, 1.807) is 7.11 Å². The Balaban J connectivity index is 1.93. The lowest BCUT2D eigenvalue weighted by molar-refractivity contribution is 0.395. The molecule has 0 radical (unpaired) electrons. The molecule has 3 rings (SSSR count). The van der Waals surface area contributed by atoms with Gasteiger partial charge in [0.05, 0.1) is 17.8 Å². The maximum absolute atomic E-state index is 6.54. The molecule has 0 saturated heterocycles. The van der Waals surface area contributed by atoms with E-state index in [2.05, 4.69) is 49.8 Å². The summed E-state index contributed by atoms with van der Waals surface area (Å²) in [4.78, 5) is 6.89. The summed E-state index contributed by atoms with van der Waals surface area (Å²) >= 11 is 6.54. The first kappa shape index (κ1) is 17.8. The molecule has 1 heterocycles. The van der Waals surface area contributed by atoms with Crippen molar-refractivity contribution in [3.8, 4) is 5.75 Å². The Labute approximate surface area is 155 Å². The Morgan fingerprint density at radius 3 is 2.56 bits per heavy atom. The molecule has 1 atom stereocenters. The van der Waals surface area contributed by atoms with Crippen molar-refractivity contribution in [2.75, 3.05) is 19.1 Å². The van der Waals surface area contributed by atoms with Gasteiger partial charge in [-0.15, -0.1) is 0 Å². The van der Waals surface area contributed by atoms with Crippen LogP contribution >= 0.6 is 11.6 Å². The van der Waals surface area contributed by atoms with E-state index in [0.717, 1.165) is 28.4 Å². The van der Waals surface area contributed by atoms with Crippen molar-refractivity contribution in [2.45, 2.75) is 38.6 Å². The number of benzene rings is 2. The topological polar surface area (TPSA) is 24.8 Å². The lowest BCUT2D eigenvalue weighted by Crippen LogP contribution is -2.45. The molecule has 0 saturated carbocycles. The molecule has 0 aromatic heterocycles. The molecule has 0 bridgehead atoms. The molecule has 132 valence electrons. The van der Waals surface area contributed by atoms with Crippen molar-refractivity contribution < 1.29 is 4.74 Å². The highest BCUT2D eigenvalue weighted by molar-refractivity contribution is 6.33. The lowest BCUT2D eigenvalue weighted by Gasteiger charge is -2.45. The molecule has 1 aliphatic rings. The predicted molar refractivity (Wildman–Crippen MR) is 107 cm³/mol. The van der Waals surface area contributed by atoms with Gasteiger partial charge in [0.1, 0.15) is 5.75 Å². The van der Waals surface area contributed by atoms with E-state index in [9.17, 15) is 0 Å². The van der Waals surface area contributed by atoms with E-state index in [4.69, 9.17) is 16.3 Å². The van der Waals surface area contributed by atoms with Crippen LogP contribution in [0.4, 0.5) is 11.4 Å². The maximum atomic E-state index is 6.54. The van der Waals surface area contributed by atoms with Crippen molar-refractivity contribution in [2.24, 2.45) is 4.99 Å². The van der Waals surface area contributed by atoms with Crippen LogP contribution in [0.25, 0.3) is 0 Å². The Morgan fingerprint density at radius 2 is 1.92 bits per heavy atom. The first-order chi connectivity index (χ1) is 11.8. The number of fused-ring (bicyclic) bond motifs is 1. The van der Waals surface area contributed by atoms with Gasteiger partial charge in [-0.1, -0.05) is 18.5 Å². The van der Waals surface area contributed by atoms with Crippen molar-refractivity contribution in [1.82, 2.24) is 0 Å². The van der Waals surface area contributed by atoms with Gasteiger partial charge in [-0.25, -0.2) is 0 Å². The van der Waals surface area contributed by atoms with Crippen LogP contribution in [0.1, 0.15) is 44.2 Å². The summed E-state index contributed by atoms with van der Waals surface area (Å²) in [5, 5.41) is 0.729. The van der Waals surface area contributed by atoms with E-state index in [-0.39, 0.29) is 5.54 Å². The Bertz CT molecular complexity index is 796. The monoisotopic (exact) mass is 356 g/mol. The average Bonchev–Trinajstić information content (AvgIpc) is 2.58. The van der Waals surface area contributed by atoms with Gasteiger partial charge in [0.25, 0.3) is 0 Å². The molecular formula is C21H25ClN2O. The van der Waals surface area contributed by atoms with Crippen LogP contribution in [-0.2, 0) is 0 Å². The molecule has 0 fully saturated rings. The number of methoxy groups -OCH3 is 1. The van der Waals surface area contributed by atoms with Gasteiger partial charge >= 0.3 is 0 Å². The Hall–Kier alpha value is -2.00. The highest BCUT2D eigenvalue weighted by atomic mass is 35.5. The number of hydrogen-bond donors (Lipinski definition) is 0. The summed E-state index contributed by atoms with van der Waals surface area (Å²) in [6.45, 7) is 6.84. The van der Waals surface area contributed by atoms with Gasteiger partial charge in [-0.05, 0) is 68.1 Å². The van der Waals surface area contributed by atoms with Crippen molar-refractivity contribution >= 4 is 29.2 Å². The quantitative estimate of drug-likeness (QED) is 0.647. The second kappa shape index (κ2) is 6.72. The largest absolute Gasteiger partial charge is 0.497 e. The molecule has 4 heteroatoms. The van der Waals surface area contributed by atoms with Crippen LogP contribution < -0.4 is 9.64 Å². The fourth-order valence-corrected chi connectivity index (χ4v) is 3.72. The molecule has 25 heavy (non-hydrogen) atoms. The molecule has 0 unspecified atom stereocenters. The number of hydrogen-bond acceptors (Lipinski definition) is 3. The van der Waals surface area contributed by atoms with Crippen LogP contribution in [0.15, 0.2) is 41.4 Å². The molecule has 0 spiro atoms. The van der Waals surface area contributed by atoms with Gasteiger partial charge < -0.3 is 9.64 Å². The number of anilines is 1. The van der Waals surface area contributed by atoms with Crippen LogP contribution in [0.3, 0.4) is 0 Å². The molecule has 0 amide bonds. The van der Waals surface area contributed by atoms with Gasteiger partial charge in [-0.2, -0.15) is 0 Å². The fourth-order valence-electron chi connectivity index (χ4n) is 3.52. The molecule has 0 N–H and O–H groups in total. The summed E-state index contributed by atoms with van der Waals surface area (Å²) in [6, 6.07) is 11.9. The molecule has 3 nitrogen and oxygen atoms in total. The second-order valence-electron chi connectivity index (χ2n) is 7.37. The minimum Gasteiger partial charge on any atom is -0.497 e.